The Bertz CT molecular complexity index is 550. The number of nitrogens with zero attached hydrogens (tertiary/aromatic N) is 3. The van der Waals surface area contributed by atoms with Crippen molar-refractivity contribution in [2.24, 2.45) is 0 Å². The molecule has 1 heterocycles. The van der Waals surface area contributed by atoms with E-state index < -0.39 is 5.82 Å². The van der Waals surface area contributed by atoms with Gasteiger partial charge in [0.1, 0.15) is 5.82 Å². The summed E-state index contributed by atoms with van der Waals surface area (Å²) in [5, 5.41) is 8.02. The molecule has 2 aromatic rings. The molecular weight excluding hydrogens is 243 g/mol. The minimum absolute atomic E-state index is 0.145. The van der Waals surface area contributed by atoms with Gasteiger partial charge in [-0.2, -0.15) is 0 Å². The summed E-state index contributed by atoms with van der Waals surface area (Å²) in [7, 11) is 0. The molecular formula is C11H12ClFN4. The summed E-state index contributed by atoms with van der Waals surface area (Å²) in [6.07, 6.45) is 0. The molecule has 0 saturated carbocycles. The molecule has 4 nitrogen and oxygen atoms in total. The standard InChI is InChI=1S/C11H12ClFN4/c1-6(2)10-11(14)15-16-17(10)9-4-3-7(13)5-8(9)12/h3-6H,14H2,1-2H3. The Hall–Kier alpha value is -1.62. The lowest BCUT2D eigenvalue weighted by atomic mass is 10.1. The van der Waals surface area contributed by atoms with E-state index >= 15 is 0 Å². The predicted molar refractivity (Wildman–Crippen MR) is 64.8 cm³/mol. The zero-order valence-electron chi connectivity index (χ0n) is 9.48. The van der Waals surface area contributed by atoms with Crippen LogP contribution in [0.1, 0.15) is 25.5 Å². The molecule has 2 N–H and O–H groups in total. The zero-order chi connectivity index (χ0) is 12.6. The molecule has 0 spiro atoms. The molecule has 0 saturated heterocycles. The fraction of sp³-hybridized carbons (Fsp3) is 0.273. The van der Waals surface area contributed by atoms with Gasteiger partial charge in [0, 0.05) is 0 Å². The minimum atomic E-state index is -0.391. The maximum atomic E-state index is 13.0. The van der Waals surface area contributed by atoms with Crippen molar-refractivity contribution in [3.63, 3.8) is 0 Å². The highest BCUT2D eigenvalue weighted by Crippen LogP contribution is 2.27. The molecule has 0 bridgehead atoms. The zero-order valence-corrected chi connectivity index (χ0v) is 10.2. The molecule has 0 unspecified atom stereocenters. The van der Waals surface area contributed by atoms with Crippen molar-refractivity contribution in [3.8, 4) is 5.69 Å². The van der Waals surface area contributed by atoms with Crippen molar-refractivity contribution >= 4 is 17.4 Å². The number of halogens is 2. The molecule has 0 fully saturated rings. The van der Waals surface area contributed by atoms with E-state index in [0.717, 1.165) is 5.69 Å². The molecule has 6 heteroatoms. The van der Waals surface area contributed by atoms with Crippen LogP contribution in [0.15, 0.2) is 18.2 Å². The van der Waals surface area contributed by atoms with Crippen LogP contribution in [-0.2, 0) is 0 Å². The van der Waals surface area contributed by atoms with Crippen LogP contribution in [0.5, 0.6) is 0 Å². The molecule has 0 atom stereocenters. The first-order chi connectivity index (χ1) is 8.00. The maximum Gasteiger partial charge on any atom is 0.169 e. The highest BCUT2D eigenvalue weighted by Gasteiger charge is 2.17. The van der Waals surface area contributed by atoms with Crippen molar-refractivity contribution in [1.29, 1.82) is 0 Å². The van der Waals surface area contributed by atoms with Gasteiger partial charge in [0.25, 0.3) is 0 Å². The van der Waals surface area contributed by atoms with Crippen molar-refractivity contribution in [1.82, 2.24) is 15.0 Å². The van der Waals surface area contributed by atoms with Gasteiger partial charge in [0.05, 0.1) is 16.4 Å². The highest BCUT2D eigenvalue weighted by atomic mass is 35.5. The first-order valence-corrected chi connectivity index (χ1v) is 5.55. The van der Waals surface area contributed by atoms with Gasteiger partial charge in [-0.15, -0.1) is 5.10 Å². The molecule has 17 heavy (non-hydrogen) atoms. The molecule has 90 valence electrons. The average molecular weight is 255 g/mol. The van der Waals surface area contributed by atoms with E-state index in [9.17, 15) is 4.39 Å². The Balaban J connectivity index is 2.61. The molecule has 0 aliphatic heterocycles. The van der Waals surface area contributed by atoms with Crippen LogP contribution in [0.2, 0.25) is 5.02 Å². The smallest absolute Gasteiger partial charge is 0.169 e. The minimum Gasteiger partial charge on any atom is -0.381 e. The van der Waals surface area contributed by atoms with Crippen LogP contribution in [0, 0.1) is 5.82 Å². The summed E-state index contributed by atoms with van der Waals surface area (Å²) in [4.78, 5) is 0. The monoisotopic (exact) mass is 254 g/mol. The quantitative estimate of drug-likeness (QED) is 0.897. The fourth-order valence-corrected chi connectivity index (χ4v) is 1.92. The number of aromatic nitrogens is 3. The number of benzene rings is 1. The second-order valence-electron chi connectivity index (χ2n) is 4.02. The first-order valence-electron chi connectivity index (χ1n) is 5.17. The van der Waals surface area contributed by atoms with E-state index in [2.05, 4.69) is 10.3 Å². The van der Waals surface area contributed by atoms with Gasteiger partial charge >= 0.3 is 0 Å². The number of nitrogens with two attached hydrogens (primary N) is 1. The van der Waals surface area contributed by atoms with Crippen LogP contribution in [-0.4, -0.2) is 15.0 Å². The predicted octanol–water partition coefficient (Wildman–Crippen LogP) is 2.77. The van der Waals surface area contributed by atoms with Crippen molar-refractivity contribution in [2.75, 3.05) is 5.73 Å². The molecule has 2 rings (SSSR count). The lowest BCUT2D eigenvalue weighted by molar-refractivity contribution is 0.626. The molecule has 0 amide bonds. The fourth-order valence-electron chi connectivity index (χ4n) is 1.67. The Kier molecular flexibility index (Phi) is 3.02. The van der Waals surface area contributed by atoms with E-state index in [4.69, 9.17) is 17.3 Å². The summed E-state index contributed by atoms with van der Waals surface area (Å²) < 4.78 is 14.5. The van der Waals surface area contributed by atoms with E-state index in [1.54, 1.807) is 10.7 Å². The average Bonchev–Trinajstić information content (AvgIpc) is 2.60. The molecule has 0 aliphatic carbocycles. The molecule has 0 aliphatic rings. The van der Waals surface area contributed by atoms with E-state index in [-0.39, 0.29) is 10.9 Å². The lowest BCUT2D eigenvalue weighted by Crippen LogP contribution is -2.06. The number of anilines is 1. The summed E-state index contributed by atoms with van der Waals surface area (Å²) in [5.41, 5.74) is 7.08. The third-order valence-corrected chi connectivity index (χ3v) is 2.72. The lowest BCUT2D eigenvalue weighted by Gasteiger charge is -2.10. The Morgan fingerprint density at radius 3 is 2.71 bits per heavy atom. The van der Waals surface area contributed by atoms with Crippen molar-refractivity contribution in [2.45, 2.75) is 19.8 Å². The summed E-state index contributed by atoms with van der Waals surface area (Å²) in [6.45, 7) is 3.95. The molecule has 1 aromatic carbocycles. The van der Waals surface area contributed by atoms with Gasteiger partial charge in [0.15, 0.2) is 5.82 Å². The number of hydrogen-bond donors (Lipinski definition) is 1. The number of rotatable bonds is 2. The van der Waals surface area contributed by atoms with Crippen LogP contribution >= 0.6 is 11.6 Å². The van der Waals surface area contributed by atoms with Gasteiger partial charge < -0.3 is 5.73 Å². The second-order valence-corrected chi connectivity index (χ2v) is 4.43. The topological polar surface area (TPSA) is 56.7 Å². The highest BCUT2D eigenvalue weighted by molar-refractivity contribution is 6.32. The number of hydrogen-bond acceptors (Lipinski definition) is 3. The third kappa shape index (κ3) is 2.10. The normalized spacial score (nSPS) is 11.1. The van der Waals surface area contributed by atoms with Crippen LogP contribution in [0.4, 0.5) is 10.2 Å². The largest absolute Gasteiger partial charge is 0.381 e. The van der Waals surface area contributed by atoms with Gasteiger partial charge in [-0.05, 0) is 24.1 Å². The van der Waals surface area contributed by atoms with Gasteiger partial charge in [-0.3, -0.25) is 0 Å². The van der Waals surface area contributed by atoms with E-state index in [1.165, 1.54) is 12.1 Å². The SMILES string of the molecule is CC(C)c1c(N)nnn1-c1ccc(F)cc1Cl. The van der Waals surface area contributed by atoms with Gasteiger partial charge in [-0.1, -0.05) is 30.7 Å². The van der Waals surface area contributed by atoms with Crippen LogP contribution < -0.4 is 5.73 Å². The van der Waals surface area contributed by atoms with Crippen molar-refractivity contribution < 1.29 is 4.39 Å². The maximum absolute atomic E-state index is 13.0. The number of nitrogen functional groups attached to an aromatic ring is 1. The third-order valence-electron chi connectivity index (χ3n) is 2.42. The van der Waals surface area contributed by atoms with Crippen molar-refractivity contribution in [3.05, 3.63) is 34.7 Å². The van der Waals surface area contributed by atoms with Crippen LogP contribution in [0.25, 0.3) is 5.69 Å². The second kappa shape index (κ2) is 4.33. The summed E-state index contributed by atoms with van der Waals surface area (Å²) in [5.74, 6) is 0.115. The Labute approximate surface area is 103 Å². The summed E-state index contributed by atoms with van der Waals surface area (Å²) in [6, 6.07) is 4.11. The van der Waals surface area contributed by atoms with Gasteiger partial charge in [0.2, 0.25) is 0 Å². The molecule has 0 radical (unpaired) electrons. The van der Waals surface area contributed by atoms with Crippen LogP contribution in [0.3, 0.4) is 0 Å². The van der Waals surface area contributed by atoms with E-state index in [1.807, 2.05) is 13.8 Å². The Morgan fingerprint density at radius 2 is 2.12 bits per heavy atom. The Morgan fingerprint density at radius 1 is 1.41 bits per heavy atom. The molecule has 1 aromatic heterocycles. The summed E-state index contributed by atoms with van der Waals surface area (Å²) >= 11 is 5.98. The first kappa shape index (κ1) is 11.9. The van der Waals surface area contributed by atoms with Gasteiger partial charge in [-0.25, -0.2) is 9.07 Å². The van der Waals surface area contributed by atoms with E-state index in [0.29, 0.717) is 11.5 Å².